The number of para-hydroxylation sites is 2. The third kappa shape index (κ3) is 2.60. The van der Waals surface area contributed by atoms with Crippen molar-refractivity contribution in [2.45, 2.75) is 12.8 Å². The van der Waals surface area contributed by atoms with Crippen LogP contribution in [-0.4, -0.2) is 24.7 Å². The number of benzene rings is 2. The molecule has 0 bridgehead atoms. The van der Waals surface area contributed by atoms with E-state index >= 15 is 0 Å². The summed E-state index contributed by atoms with van der Waals surface area (Å²) in [7, 11) is 0. The molecular formula is C18H16O6. The van der Waals surface area contributed by atoms with Crippen molar-refractivity contribution >= 4 is 5.97 Å². The summed E-state index contributed by atoms with van der Waals surface area (Å²) in [6.45, 7) is 0.336. The van der Waals surface area contributed by atoms with Crippen LogP contribution >= 0.6 is 0 Å². The van der Waals surface area contributed by atoms with Gasteiger partial charge < -0.3 is 24.1 Å². The second kappa shape index (κ2) is 5.96. The fourth-order valence-corrected chi connectivity index (χ4v) is 3.08. The molecule has 0 unspecified atom stereocenters. The highest BCUT2D eigenvalue weighted by atomic mass is 16.7. The molecule has 0 saturated heterocycles. The summed E-state index contributed by atoms with van der Waals surface area (Å²) >= 11 is 0. The van der Waals surface area contributed by atoms with Gasteiger partial charge in [0.1, 0.15) is 0 Å². The molecule has 6 nitrogen and oxygen atoms in total. The minimum absolute atomic E-state index is 0.168. The molecule has 0 aliphatic carbocycles. The molecule has 0 spiro atoms. The van der Waals surface area contributed by atoms with Crippen molar-refractivity contribution in [3.8, 4) is 23.0 Å². The highest BCUT2D eigenvalue weighted by molar-refractivity contribution is 5.71. The SMILES string of the molecule is O=C(O)C(Cc1cccc2c1OCO2)Cc1cccc2c1OCO2. The molecule has 0 aromatic heterocycles. The standard InChI is InChI=1S/C18H16O6/c19-18(20)13(7-11-3-1-5-14-16(11)23-9-21-14)8-12-4-2-6-15-17(12)24-10-22-15/h1-6,13H,7-10H2,(H,19,20). The number of carbonyl (C=O) groups is 1. The largest absolute Gasteiger partial charge is 0.481 e. The summed E-state index contributed by atoms with van der Waals surface area (Å²) < 4.78 is 21.7. The quantitative estimate of drug-likeness (QED) is 0.909. The van der Waals surface area contributed by atoms with Gasteiger partial charge in [0.2, 0.25) is 13.6 Å². The number of rotatable bonds is 5. The molecule has 6 heteroatoms. The zero-order chi connectivity index (χ0) is 16.5. The smallest absolute Gasteiger partial charge is 0.307 e. The van der Waals surface area contributed by atoms with Crippen molar-refractivity contribution in [2.24, 2.45) is 5.92 Å². The summed E-state index contributed by atoms with van der Waals surface area (Å²) in [4.78, 5) is 11.8. The number of carboxylic acid groups (broad SMARTS) is 1. The zero-order valence-corrected chi connectivity index (χ0v) is 12.9. The Morgan fingerprint density at radius 3 is 1.83 bits per heavy atom. The van der Waals surface area contributed by atoms with E-state index < -0.39 is 11.9 Å². The van der Waals surface area contributed by atoms with Crippen molar-refractivity contribution in [1.82, 2.24) is 0 Å². The van der Waals surface area contributed by atoms with Crippen LogP contribution in [0.1, 0.15) is 11.1 Å². The van der Waals surface area contributed by atoms with Gasteiger partial charge in [-0.05, 0) is 36.1 Å². The van der Waals surface area contributed by atoms with Crippen LogP contribution in [0.25, 0.3) is 0 Å². The fraction of sp³-hybridized carbons (Fsp3) is 0.278. The second-order valence-electron chi connectivity index (χ2n) is 5.75. The molecule has 24 heavy (non-hydrogen) atoms. The van der Waals surface area contributed by atoms with Gasteiger partial charge in [0.25, 0.3) is 0 Å². The monoisotopic (exact) mass is 328 g/mol. The van der Waals surface area contributed by atoms with Crippen LogP contribution in [0.2, 0.25) is 0 Å². The Morgan fingerprint density at radius 1 is 0.875 bits per heavy atom. The van der Waals surface area contributed by atoms with E-state index in [9.17, 15) is 9.90 Å². The van der Waals surface area contributed by atoms with E-state index in [-0.39, 0.29) is 13.6 Å². The number of carboxylic acids is 1. The van der Waals surface area contributed by atoms with Gasteiger partial charge in [0.15, 0.2) is 23.0 Å². The average molecular weight is 328 g/mol. The third-order valence-electron chi connectivity index (χ3n) is 4.24. The lowest BCUT2D eigenvalue weighted by Gasteiger charge is -2.15. The number of hydrogen-bond donors (Lipinski definition) is 1. The molecule has 2 aliphatic heterocycles. The topological polar surface area (TPSA) is 74.2 Å². The van der Waals surface area contributed by atoms with Gasteiger partial charge in [0, 0.05) is 0 Å². The molecule has 0 atom stereocenters. The maximum Gasteiger partial charge on any atom is 0.307 e. The van der Waals surface area contributed by atoms with Crippen LogP contribution in [0.5, 0.6) is 23.0 Å². The van der Waals surface area contributed by atoms with Gasteiger partial charge in [-0.1, -0.05) is 24.3 Å². The summed E-state index contributed by atoms with van der Waals surface area (Å²) in [6, 6.07) is 11.1. The van der Waals surface area contributed by atoms with Crippen LogP contribution in [0, 0.1) is 5.92 Å². The zero-order valence-electron chi connectivity index (χ0n) is 12.9. The molecule has 4 rings (SSSR count). The number of hydrogen-bond acceptors (Lipinski definition) is 5. The summed E-state index contributed by atoms with van der Waals surface area (Å²) in [5.41, 5.74) is 1.67. The van der Waals surface area contributed by atoms with Gasteiger partial charge in [-0.3, -0.25) is 4.79 Å². The van der Waals surface area contributed by atoms with E-state index in [1.165, 1.54) is 0 Å². The first kappa shape index (κ1) is 14.7. The lowest BCUT2D eigenvalue weighted by atomic mass is 9.91. The Kier molecular flexibility index (Phi) is 3.65. The van der Waals surface area contributed by atoms with E-state index in [0.717, 1.165) is 11.1 Å². The Hall–Kier alpha value is -2.89. The number of fused-ring (bicyclic) bond motifs is 2. The van der Waals surface area contributed by atoms with Gasteiger partial charge in [-0.25, -0.2) is 0 Å². The molecule has 0 saturated carbocycles. The molecule has 124 valence electrons. The first-order valence-electron chi connectivity index (χ1n) is 7.70. The fourth-order valence-electron chi connectivity index (χ4n) is 3.08. The van der Waals surface area contributed by atoms with E-state index in [4.69, 9.17) is 18.9 Å². The van der Waals surface area contributed by atoms with E-state index in [0.29, 0.717) is 35.8 Å². The van der Waals surface area contributed by atoms with Crippen LogP contribution in [0.15, 0.2) is 36.4 Å². The van der Waals surface area contributed by atoms with Crippen LogP contribution < -0.4 is 18.9 Å². The van der Waals surface area contributed by atoms with Gasteiger partial charge in [-0.15, -0.1) is 0 Å². The molecule has 1 N–H and O–H groups in total. The molecule has 2 aromatic rings. The first-order chi connectivity index (χ1) is 11.7. The Bertz CT molecular complexity index is 726. The van der Waals surface area contributed by atoms with Crippen molar-refractivity contribution in [2.75, 3.05) is 13.6 Å². The van der Waals surface area contributed by atoms with E-state index in [1.54, 1.807) is 0 Å². The van der Waals surface area contributed by atoms with E-state index in [1.807, 2.05) is 36.4 Å². The van der Waals surface area contributed by atoms with E-state index in [2.05, 4.69) is 0 Å². The number of aliphatic carboxylic acids is 1. The minimum Gasteiger partial charge on any atom is -0.481 e. The average Bonchev–Trinajstić information content (AvgIpc) is 3.23. The Balaban J connectivity index is 1.59. The third-order valence-corrected chi connectivity index (χ3v) is 4.24. The predicted molar refractivity (Wildman–Crippen MR) is 83.7 cm³/mol. The van der Waals surface area contributed by atoms with Crippen molar-refractivity contribution in [1.29, 1.82) is 0 Å². The highest BCUT2D eigenvalue weighted by Crippen LogP contribution is 2.39. The lowest BCUT2D eigenvalue weighted by Crippen LogP contribution is -2.19. The van der Waals surface area contributed by atoms with Crippen molar-refractivity contribution < 1.29 is 28.8 Å². The van der Waals surface area contributed by atoms with Crippen LogP contribution in [-0.2, 0) is 17.6 Å². The molecular weight excluding hydrogens is 312 g/mol. The van der Waals surface area contributed by atoms with Gasteiger partial charge >= 0.3 is 5.97 Å². The molecule has 2 aliphatic rings. The van der Waals surface area contributed by atoms with Crippen molar-refractivity contribution in [3.05, 3.63) is 47.5 Å². The molecule has 0 amide bonds. The lowest BCUT2D eigenvalue weighted by molar-refractivity contribution is -0.141. The number of ether oxygens (including phenoxy) is 4. The molecule has 2 aromatic carbocycles. The second-order valence-corrected chi connectivity index (χ2v) is 5.75. The molecule has 0 radical (unpaired) electrons. The summed E-state index contributed by atoms with van der Waals surface area (Å²) in [5, 5.41) is 9.65. The van der Waals surface area contributed by atoms with Gasteiger partial charge in [0.05, 0.1) is 5.92 Å². The first-order valence-corrected chi connectivity index (χ1v) is 7.70. The predicted octanol–water partition coefficient (Wildman–Crippen LogP) is 2.63. The molecule has 2 heterocycles. The van der Waals surface area contributed by atoms with Crippen LogP contribution in [0.4, 0.5) is 0 Å². The summed E-state index contributed by atoms with van der Waals surface area (Å²) in [5.74, 6) is 1.14. The Morgan fingerprint density at radius 2 is 1.38 bits per heavy atom. The highest BCUT2D eigenvalue weighted by Gasteiger charge is 2.27. The summed E-state index contributed by atoms with van der Waals surface area (Å²) in [6.07, 6.45) is 0.707. The van der Waals surface area contributed by atoms with Crippen LogP contribution in [0.3, 0.4) is 0 Å². The van der Waals surface area contributed by atoms with Gasteiger partial charge in [-0.2, -0.15) is 0 Å². The maximum atomic E-state index is 11.8. The Labute approximate surface area is 138 Å². The molecule has 0 fully saturated rings. The minimum atomic E-state index is -0.858. The van der Waals surface area contributed by atoms with Crippen molar-refractivity contribution in [3.63, 3.8) is 0 Å². The maximum absolute atomic E-state index is 11.8. The normalized spacial score (nSPS) is 14.2.